The molecule has 0 saturated heterocycles. The number of benzene rings is 2. The molecular formula is C20H15Br2N3O2. The summed E-state index contributed by atoms with van der Waals surface area (Å²) >= 11 is 6.84. The molecule has 5 nitrogen and oxygen atoms in total. The molecule has 0 aliphatic rings. The number of aryl methyl sites for hydroxylation is 1. The summed E-state index contributed by atoms with van der Waals surface area (Å²) in [6.07, 6.45) is 7.40. The van der Waals surface area contributed by atoms with E-state index in [9.17, 15) is 4.79 Å². The Morgan fingerprint density at radius 3 is 2.81 bits per heavy atom. The molecule has 136 valence electrons. The maximum absolute atomic E-state index is 12.9. The fraction of sp³-hybridized carbons (Fsp3) is 0.150. The van der Waals surface area contributed by atoms with E-state index in [2.05, 4.69) is 47.9 Å². The van der Waals surface area contributed by atoms with Crippen molar-refractivity contribution in [3.8, 4) is 18.1 Å². The predicted molar refractivity (Wildman–Crippen MR) is 115 cm³/mol. The first-order valence-corrected chi connectivity index (χ1v) is 9.73. The van der Waals surface area contributed by atoms with Crippen LogP contribution in [0.25, 0.3) is 10.9 Å². The first-order chi connectivity index (χ1) is 13.0. The zero-order chi connectivity index (χ0) is 19.4. The van der Waals surface area contributed by atoms with E-state index in [-0.39, 0.29) is 12.2 Å². The van der Waals surface area contributed by atoms with Crippen LogP contribution in [0.2, 0.25) is 0 Å². The molecule has 7 heteroatoms. The molecule has 0 radical (unpaired) electrons. The molecular weight excluding hydrogens is 474 g/mol. The highest BCUT2D eigenvalue weighted by atomic mass is 79.9. The first-order valence-electron chi connectivity index (χ1n) is 8.15. The fourth-order valence-electron chi connectivity index (χ4n) is 2.50. The summed E-state index contributed by atoms with van der Waals surface area (Å²) in [5.74, 6) is 3.67. The number of hydrogen-bond acceptors (Lipinski definition) is 4. The Morgan fingerprint density at radius 1 is 1.30 bits per heavy atom. The summed E-state index contributed by atoms with van der Waals surface area (Å²) in [6.45, 7) is 2.13. The van der Waals surface area contributed by atoms with Crippen LogP contribution in [0.5, 0.6) is 5.75 Å². The highest BCUT2D eigenvalue weighted by Crippen LogP contribution is 2.25. The molecule has 1 heterocycles. The van der Waals surface area contributed by atoms with E-state index >= 15 is 0 Å². The highest BCUT2D eigenvalue weighted by Gasteiger charge is 2.09. The molecule has 1 aromatic heterocycles. The number of fused-ring (bicyclic) bond motifs is 1. The van der Waals surface area contributed by atoms with Crippen molar-refractivity contribution in [1.29, 1.82) is 0 Å². The zero-order valence-corrected chi connectivity index (χ0v) is 17.6. The molecule has 0 amide bonds. The van der Waals surface area contributed by atoms with Gasteiger partial charge in [0, 0.05) is 10.9 Å². The lowest BCUT2D eigenvalue weighted by atomic mass is 10.2. The molecule has 0 fully saturated rings. The summed E-state index contributed by atoms with van der Waals surface area (Å²) < 4.78 is 8.33. The van der Waals surface area contributed by atoms with Crippen LogP contribution < -0.4 is 10.3 Å². The quantitative estimate of drug-likeness (QED) is 0.395. The number of ether oxygens (including phenoxy) is 1. The summed E-state index contributed by atoms with van der Waals surface area (Å²) in [5, 5.41) is 4.88. The van der Waals surface area contributed by atoms with Crippen molar-refractivity contribution in [3.05, 3.63) is 67.1 Å². The SMILES string of the molecule is C#CCOc1ccc(C=Nn2c(CC)nc3ccc(Br)cc3c2=O)cc1Br. The minimum atomic E-state index is -0.206. The van der Waals surface area contributed by atoms with Crippen LogP contribution in [0.15, 0.2) is 55.2 Å². The lowest BCUT2D eigenvalue weighted by Crippen LogP contribution is -2.22. The van der Waals surface area contributed by atoms with E-state index in [0.29, 0.717) is 28.9 Å². The van der Waals surface area contributed by atoms with Crippen molar-refractivity contribution in [2.45, 2.75) is 13.3 Å². The van der Waals surface area contributed by atoms with Crippen LogP contribution in [0.1, 0.15) is 18.3 Å². The standard InChI is InChI=1S/C20H15Br2N3O2/c1-3-9-27-18-8-5-13(10-16(18)22)12-23-25-19(4-2)24-17-7-6-14(21)11-15(17)20(25)26/h1,5-8,10-12H,4,9H2,2H3. The summed E-state index contributed by atoms with van der Waals surface area (Å²) in [5.41, 5.74) is 1.25. The molecule has 0 N–H and O–H groups in total. The average Bonchev–Trinajstić information content (AvgIpc) is 2.66. The van der Waals surface area contributed by atoms with Crippen molar-refractivity contribution in [1.82, 2.24) is 9.66 Å². The lowest BCUT2D eigenvalue weighted by Gasteiger charge is -2.08. The predicted octanol–water partition coefficient (Wildman–Crippen LogP) is 4.38. The lowest BCUT2D eigenvalue weighted by molar-refractivity contribution is 0.368. The molecule has 2 aromatic carbocycles. The van der Waals surface area contributed by atoms with Gasteiger partial charge in [0.05, 0.1) is 21.6 Å². The van der Waals surface area contributed by atoms with Crippen LogP contribution >= 0.6 is 31.9 Å². The fourth-order valence-corrected chi connectivity index (χ4v) is 3.37. The Kier molecular flexibility index (Phi) is 6.09. The van der Waals surface area contributed by atoms with Gasteiger partial charge < -0.3 is 4.74 Å². The zero-order valence-electron chi connectivity index (χ0n) is 14.4. The van der Waals surface area contributed by atoms with E-state index in [4.69, 9.17) is 11.2 Å². The van der Waals surface area contributed by atoms with Gasteiger partial charge in [0.1, 0.15) is 18.2 Å². The largest absolute Gasteiger partial charge is 0.480 e. The molecule has 0 aliphatic heterocycles. The van der Waals surface area contributed by atoms with E-state index in [1.165, 1.54) is 4.68 Å². The van der Waals surface area contributed by atoms with Gasteiger partial charge in [-0.2, -0.15) is 9.78 Å². The summed E-state index contributed by atoms with van der Waals surface area (Å²) in [6, 6.07) is 10.9. The molecule has 0 spiro atoms. The maximum Gasteiger partial charge on any atom is 0.282 e. The van der Waals surface area contributed by atoms with Gasteiger partial charge in [0.25, 0.3) is 5.56 Å². The normalized spacial score (nSPS) is 11.0. The Labute approximate surface area is 173 Å². The molecule has 3 aromatic rings. The van der Waals surface area contributed by atoms with E-state index < -0.39 is 0 Å². The van der Waals surface area contributed by atoms with Crippen LogP contribution in [-0.2, 0) is 6.42 Å². The van der Waals surface area contributed by atoms with Crippen LogP contribution in [0, 0.1) is 12.3 Å². The van der Waals surface area contributed by atoms with Crippen LogP contribution in [-0.4, -0.2) is 22.5 Å². The smallest absolute Gasteiger partial charge is 0.282 e. The van der Waals surface area contributed by atoms with Gasteiger partial charge in [0.2, 0.25) is 0 Å². The van der Waals surface area contributed by atoms with E-state index in [0.717, 1.165) is 14.5 Å². The third kappa shape index (κ3) is 4.29. The average molecular weight is 489 g/mol. The second-order valence-corrected chi connectivity index (χ2v) is 7.36. The van der Waals surface area contributed by atoms with E-state index in [1.54, 1.807) is 18.3 Å². The van der Waals surface area contributed by atoms with Crippen molar-refractivity contribution in [2.75, 3.05) is 6.61 Å². The number of nitrogens with zero attached hydrogens (tertiary/aromatic N) is 3. The van der Waals surface area contributed by atoms with Crippen LogP contribution in [0.4, 0.5) is 0 Å². The molecule has 3 rings (SSSR count). The molecule has 0 bridgehead atoms. The summed E-state index contributed by atoms with van der Waals surface area (Å²) in [7, 11) is 0. The monoisotopic (exact) mass is 487 g/mol. The minimum Gasteiger partial charge on any atom is -0.480 e. The Hall–Kier alpha value is -2.43. The Bertz CT molecular complexity index is 1130. The number of rotatable bonds is 5. The highest BCUT2D eigenvalue weighted by molar-refractivity contribution is 9.10. The number of aromatic nitrogens is 2. The molecule has 0 unspecified atom stereocenters. The topological polar surface area (TPSA) is 56.5 Å². The van der Waals surface area contributed by atoms with Gasteiger partial charge in [0.15, 0.2) is 0 Å². The second-order valence-electron chi connectivity index (χ2n) is 5.59. The van der Waals surface area contributed by atoms with Gasteiger partial charge in [-0.3, -0.25) is 4.79 Å². The third-order valence-corrected chi connectivity index (χ3v) is 4.89. The molecule has 27 heavy (non-hydrogen) atoms. The van der Waals surface area contributed by atoms with Gasteiger partial charge >= 0.3 is 0 Å². The van der Waals surface area contributed by atoms with Gasteiger partial charge in [-0.1, -0.05) is 28.8 Å². The van der Waals surface area contributed by atoms with Gasteiger partial charge in [-0.05, 0) is 57.9 Å². The Balaban J connectivity index is 2.01. The third-order valence-electron chi connectivity index (χ3n) is 3.78. The molecule has 0 aliphatic carbocycles. The van der Waals surface area contributed by atoms with Crippen molar-refractivity contribution in [2.24, 2.45) is 5.10 Å². The molecule has 0 saturated carbocycles. The molecule has 0 atom stereocenters. The number of hydrogen-bond donors (Lipinski definition) is 0. The summed E-state index contributed by atoms with van der Waals surface area (Å²) in [4.78, 5) is 17.4. The number of terminal acetylenes is 1. The van der Waals surface area contributed by atoms with Crippen molar-refractivity contribution < 1.29 is 4.74 Å². The second kappa shape index (κ2) is 8.51. The van der Waals surface area contributed by atoms with Crippen molar-refractivity contribution in [3.63, 3.8) is 0 Å². The number of halogens is 2. The first kappa shape index (κ1) is 19.3. The van der Waals surface area contributed by atoms with E-state index in [1.807, 2.05) is 31.2 Å². The minimum absolute atomic E-state index is 0.194. The maximum atomic E-state index is 12.9. The van der Waals surface area contributed by atoms with Gasteiger partial charge in [-0.15, -0.1) is 6.42 Å². The van der Waals surface area contributed by atoms with Crippen molar-refractivity contribution >= 4 is 49.0 Å². The van der Waals surface area contributed by atoms with Gasteiger partial charge in [-0.25, -0.2) is 4.98 Å². The Morgan fingerprint density at radius 2 is 2.11 bits per heavy atom. The van der Waals surface area contributed by atoms with Crippen LogP contribution in [0.3, 0.4) is 0 Å².